The van der Waals surface area contributed by atoms with Gasteiger partial charge in [0.05, 0.1) is 12.7 Å². The molecule has 31 heavy (non-hydrogen) atoms. The summed E-state index contributed by atoms with van der Waals surface area (Å²) >= 11 is 0. The maximum atomic E-state index is 13.2. The third kappa shape index (κ3) is 4.02. The Bertz CT molecular complexity index is 1000. The third-order valence-corrected chi connectivity index (χ3v) is 6.00. The van der Waals surface area contributed by atoms with Gasteiger partial charge in [-0.2, -0.15) is 0 Å². The molecule has 1 aromatic heterocycles. The van der Waals surface area contributed by atoms with E-state index in [1.807, 2.05) is 24.1 Å². The third-order valence-electron chi connectivity index (χ3n) is 6.00. The topological polar surface area (TPSA) is 69.2 Å². The van der Waals surface area contributed by atoms with Gasteiger partial charge < -0.3 is 19.4 Å². The fraction of sp³-hybridized carbons (Fsp3) is 0.435. The van der Waals surface area contributed by atoms with Crippen LogP contribution in [-0.4, -0.2) is 80.1 Å². The smallest absolute Gasteiger partial charge is 0.324 e. The second-order valence-corrected chi connectivity index (χ2v) is 8.17. The largest absolute Gasteiger partial charge is 0.496 e. The van der Waals surface area contributed by atoms with Crippen LogP contribution in [-0.2, 0) is 0 Å². The lowest BCUT2D eigenvalue weighted by molar-refractivity contribution is 0.0743. The number of urea groups is 1. The Balaban J connectivity index is 1.47. The van der Waals surface area contributed by atoms with E-state index in [1.165, 1.54) is 0 Å². The Kier molecular flexibility index (Phi) is 5.71. The minimum absolute atomic E-state index is 0.0442. The lowest BCUT2D eigenvalue weighted by Crippen LogP contribution is -2.49. The molecule has 1 aromatic carbocycles. The van der Waals surface area contributed by atoms with Crippen molar-refractivity contribution in [2.45, 2.75) is 13.8 Å². The van der Waals surface area contributed by atoms with E-state index >= 15 is 0 Å². The number of hydrogen-bond donors (Lipinski definition) is 0. The summed E-state index contributed by atoms with van der Waals surface area (Å²) in [6.45, 7) is 8.12. The van der Waals surface area contributed by atoms with Gasteiger partial charge in [-0.25, -0.2) is 9.78 Å². The highest BCUT2D eigenvalue weighted by molar-refractivity contribution is 5.99. The number of carbonyl (C=O) groups excluding carboxylic acids is 2. The average molecular weight is 424 g/mol. The number of likely N-dealkylation sites (N-methyl/N-ethyl adjacent to an activating group) is 1. The summed E-state index contributed by atoms with van der Waals surface area (Å²) in [5.74, 6) is 1.42. The number of aromatic nitrogens is 1. The first-order chi connectivity index (χ1) is 14.9. The van der Waals surface area contributed by atoms with Crippen molar-refractivity contribution in [2.24, 2.45) is 0 Å². The van der Waals surface area contributed by atoms with Crippen LogP contribution in [0.15, 0.2) is 30.5 Å². The number of anilines is 2. The van der Waals surface area contributed by atoms with Gasteiger partial charge in [0, 0.05) is 64.3 Å². The van der Waals surface area contributed by atoms with Crippen molar-refractivity contribution in [3.8, 4) is 5.75 Å². The maximum absolute atomic E-state index is 13.2. The monoisotopic (exact) mass is 423 g/mol. The van der Waals surface area contributed by atoms with Gasteiger partial charge in [0.15, 0.2) is 0 Å². The summed E-state index contributed by atoms with van der Waals surface area (Å²) in [6, 6.07) is 7.45. The van der Waals surface area contributed by atoms with Crippen LogP contribution >= 0.6 is 0 Å². The number of pyridine rings is 1. The van der Waals surface area contributed by atoms with Gasteiger partial charge in [-0.15, -0.1) is 0 Å². The number of ether oxygens (including phenoxy) is 1. The zero-order valence-electron chi connectivity index (χ0n) is 18.6. The first-order valence-electron chi connectivity index (χ1n) is 10.6. The molecule has 0 bridgehead atoms. The summed E-state index contributed by atoms with van der Waals surface area (Å²) in [7, 11) is 3.34. The highest BCUT2D eigenvalue weighted by Gasteiger charge is 2.29. The van der Waals surface area contributed by atoms with E-state index in [1.54, 1.807) is 36.1 Å². The van der Waals surface area contributed by atoms with E-state index in [0.29, 0.717) is 37.5 Å². The number of hydrogen-bond acceptors (Lipinski definition) is 5. The molecule has 0 unspecified atom stereocenters. The first-order valence-corrected chi connectivity index (χ1v) is 10.6. The zero-order valence-corrected chi connectivity index (χ0v) is 18.6. The van der Waals surface area contributed by atoms with Crippen LogP contribution in [0, 0.1) is 13.8 Å². The van der Waals surface area contributed by atoms with Crippen molar-refractivity contribution in [3.05, 3.63) is 47.2 Å². The molecule has 8 nitrogen and oxygen atoms in total. The van der Waals surface area contributed by atoms with Gasteiger partial charge >= 0.3 is 6.03 Å². The number of piperazine rings is 1. The van der Waals surface area contributed by atoms with Gasteiger partial charge in [0.2, 0.25) is 0 Å². The molecule has 0 atom stereocenters. The van der Waals surface area contributed by atoms with Crippen molar-refractivity contribution >= 4 is 23.4 Å². The summed E-state index contributed by atoms with van der Waals surface area (Å²) in [5.41, 5.74) is 3.56. The van der Waals surface area contributed by atoms with E-state index < -0.39 is 0 Å². The molecule has 0 saturated carbocycles. The number of benzene rings is 1. The number of methoxy groups -OCH3 is 1. The molecule has 164 valence electrons. The second kappa shape index (κ2) is 8.45. The van der Waals surface area contributed by atoms with Crippen LogP contribution in [0.1, 0.15) is 21.5 Å². The molecule has 2 aromatic rings. The van der Waals surface area contributed by atoms with Crippen molar-refractivity contribution in [1.29, 1.82) is 0 Å². The normalized spacial score (nSPS) is 16.8. The Hall–Kier alpha value is -3.29. The van der Waals surface area contributed by atoms with Crippen LogP contribution < -0.4 is 14.5 Å². The van der Waals surface area contributed by atoms with Crippen molar-refractivity contribution in [3.63, 3.8) is 0 Å². The molecule has 0 aliphatic carbocycles. The molecule has 2 aliphatic heterocycles. The van der Waals surface area contributed by atoms with Crippen molar-refractivity contribution in [2.75, 3.05) is 63.2 Å². The molecular formula is C23H29N5O3. The van der Waals surface area contributed by atoms with Gasteiger partial charge in [-0.05, 0) is 37.1 Å². The average Bonchev–Trinajstić information content (AvgIpc) is 3.11. The molecule has 0 radical (unpaired) electrons. The van der Waals surface area contributed by atoms with E-state index in [2.05, 4.69) is 22.9 Å². The van der Waals surface area contributed by atoms with Crippen molar-refractivity contribution in [1.82, 2.24) is 14.8 Å². The number of aryl methyl sites for hydroxylation is 2. The molecule has 2 saturated heterocycles. The maximum Gasteiger partial charge on any atom is 0.324 e. The Morgan fingerprint density at radius 3 is 2.39 bits per heavy atom. The molecule has 3 amide bonds. The lowest BCUT2D eigenvalue weighted by Gasteiger charge is -2.36. The minimum Gasteiger partial charge on any atom is -0.496 e. The van der Waals surface area contributed by atoms with Crippen molar-refractivity contribution < 1.29 is 14.3 Å². The summed E-state index contributed by atoms with van der Waals surface area (Å²) in [4.78, 5) is 37.5. The molecule has 8 heteroatoms. The molecule has 0 spiro atoms. The number of amides is 3. The van der Waals surface area contributed by atoms with Crippen LogP contribution in [0.5, 0.6) is 5.75 Å². The summed E-state index contributed by atoms with van der Waals surface area (Å²) in [5, 5.41) is 0. The molecule has 3 heterocycles. The number of carbonyl (C=O) groups is 2. The molecule has 4 rings (SSSR count). The quantitative estimate of drug-likeness (QED) is 0.756. The SMILES string of the molecule is COc1cc(N2CCN(C)C2=O)ccc1C(=O)N1CCN(c2ncc(C)cc2C)CC1. The Labute approximate surface area is 183 Å². The van der Waals surface area contributed by atoms with Gasteiger partial charge in [-0.1, -0.05) is 6.07 Å². The lowest BCUT2D eigenvalue weighted by atomic mass is 10.1. The highest BCUT2D eigenvalue weighted by Crippen LogP contribution is 2.29. The Morgan fingerprint density at radius 1 is 1.03 bits per heavy atom. The predicted octanol–water partition coefficient (Wildman–Crippen LogP) is 2.54. The predicted molar refractivity (Wildman–Crippen MR) is 120 cm³/mol. The van der Waals surface area contributed by atoms with Crippen LogP contribution in [0.25, 0.3) is 0 Å². The van der Waals surface area contributed by atoms with E-state index in [-0.39, 0.29) is 11.9 Å². The summed E-state index contributed by atoms with van der Waals surface area (Å²) in [6.07, 6.45) is 1.88. The van der Waals surface area contributed by atoms with Gasteiger partial charge in [-0.3, -0.25) is 9.69 Å². The minimum atomic E-state index is -0.0542. The van der Waals surface area contributed by atoms with E-state index in [0.717, 1.165) is 35.7 Å². The number of rotatable bonds is 4. The molecule has 2 fully saturated rings. The zero-order chi connectivity index (χ0) is 22.1. The summed E-state index contributed by atoms with van der Waals surface area (Å²) < 4.78 is 5.52. The Morgan fingerprint density at radius 2 is 1.77 bits per heavy atom. The van der Waals surface area contributed by atoms with Crippen LogP contribution in [0.2, 0.25) is 0 Å². The fourth-order valence-corrected chi connectivity index (χ4v) is 4.24. The van der Waals surface area contributed by atoms with Crippen LogP contribution in [0.3, 0.4) is 0 Å². The van der Waals surface area contributed by atoms with Gasteiger partial charge in [0.25, 0.3) is 5.91 Å². The van der Waals surface area contributed by atoms with Gasteiger partial charge in [0.1, 0.15) is 11.6 Å². The highest BCUT2D eigenvalue weighted by atomic mass is 16.5. The van der Waals surface area contributed by atoms with E-state index in [4.69, 9.17) is 4.74 Å². The second-order valence-electron chi connectivity index (χ2n) is 8.17. The fourth-order valence-electron chi connectivity index (χ4n) is 4.24. The molecule has 2 aliphatic rings. The molecule has 0 N–H and O–H groups in total. The molecular weight excluding hydrogens is 394 g/mol. The van der Waals surface area contributed by atoms with Crippen LogP contribution in [0.4, 0.5) is 16.3 Å². The number of nitrogens with zero attached hydrogens (tertiary/aromatic N) is 5. The first kappa shape index (κ1) is 21.0. The standard InChI is InChI=1S/C23H29N5O3/c1-16-13-17(2)21(24-15-16)26-8-10-27(11-9-26)22(29)19-6-5-18(14-20(19)31-4)28-12-7-25(3)23(28)30/h5-6,13-15H,7-12H2,1-4H3. The van der Waals surface area contributed by atoms with E-state index in [9.17, 15) is 9.59 Å².